The molecule has 2 heterocycles. The second kappa shape index (κ2) is 5.54. The van der Waals surface area contributed by atoms with Crippen molar-refractivity contribution in [2.45, 2.75) is 17.7 Å². The van der Waals surface area contributed by atoms with Gasteiger partial charge in [0.2, 0.25) is 16.0 Å². The van der Waals surface area contributed by atoms with Crippen LogP contribution in [0.25, 0.3) is 11.1 Å². The predicted octanol–water partition coefficient (Wildman–Crippen LogP) is 1.09. The monoisotopic (exact) mass is 319 g/mol. The third kappa shape index (κ3) is 2.62. The summed E-state index contributed by atoms with van der Waals surface area (Å²) < 4.78 is 26.7. The average Bonchev–Trinajstić information content (AvgIpc) is 3.02. The van der Waals surface area contributed by atoms with Gasteiger partial charge in [0.1, 0.15) is 5.82 Å². The zero-order valence-corrected chi connectivity index (χ0v) is 12.8. The van der Waals surface area contributed by atoms with Gasteiger partial charge in [0, 0.05) is 24.8 Å². The molecular weight excluding hydrogens is 302 g/mol. The smallest absolute Gasteiger partial charge is 0.243 e. The number of hydrogen-bond donors (Lipinski definition) is 2. The van der Waals surface area contributed by atoms with Crippen molar-refractivity contribution < 1.29 is 8.42 Å². The summed E-state index contributed by atoms with van der Waals surface area (Å²) in [5.41, 5.74) is 12.5. The summed E-state index contributed by atoms with van der Waals surface area (Å²) in [5, 5.41) is 0. The van der Waals surface area contributed by atoms with Crippen LogP contribution in [0.3, 0.4) is 0 Å². The Bertz CT molecular complexity index is 801. The number of benzene rings is 1. The summed E-state index contributed by atoms with van der Waals surface area (Å²) in [6.07, 6.45) is 3.30. The third-order valence-electron chi connectivity index (χ3n) is 3.68. The summed E-state index contributed by atoms with van der Waals surface area (Å²) in [7, 11) is -3.46. The van der Waals surface area contributed by atoms with Crippen LogP contribution in [-0.4, -0.2) is 35.8 Å². The number of rotatable bonds is 3. The minimum Gasteiger partial charge on any atom is -0.383 e. The maximum absolute atomic E-state index is 12.6. The molecule has 8 heteroatoms. The summed E-state index contributed by atoms with van der Waals surface area (Å²) >= 11 is 0. The first-order valence-corrected chi connectivity index (χ1v) is 8.41. The van der Waals surface area contributed by atoms with Gasteiger partial charge in [-0.2, -0.15) is 9.29 Å². The summed E-state index contributed by atoms with van der Waals surface area (Å²) in [4.78, 5) is 8.07. The lowest BCUT2D eigenvalue weighted by atomic mass is 10.1. The maximum Gasteiger partial charge on any atom is 0.243 e. The van der Waals surface area contributed by atoms with Gasteiger partial charge in [-0.05, 0) is 30.5 Å². The van der Waals surface area contributed by atoms with E-state index in [-0.39, 0.29) is 16.7 Å². The minimum atomic E-state index is -3.46. The molecule has 0 saturated carbocycles. The van der Waals surface area contributed by atoms with Crippen molar-refractivity contribution in [2.75, 3.05) is 24.6 Å². The van der Waals surface area contributed by atoms with E-state index < -0.39 is 10.0 Å². The van der Waals surface area contributed by atoms with Crippen LogP contribution in [0.15, 0.2) is 35.4 Å². The van der Waals surface area contributed by atoms with Crippen LogP contribution >= 0.6 is 0 Å². The Morgan fingerprint density at radius 2 is 1.86 bits per heavy atom. The van der Waals surface area contributed by atoms with Gasteiger partial charge >= 0.3 is 0 Å². The van der Waals surface area contributed by atoms with Crippen molar-refractivity contribution in [3.8, 4) is 11.1 Å². The highest BCUT2D eigenvalue weighted by Crippen LogP contribution is 2.28. The average molecular weight is 319 g/mol. The molecule has 116 valence electrons. The van der Waals surface area contributed by atoms with E-state index in [1.54, 1.807) is 24.3 Å². The Hall–Kier alpha value is -2.19. The number of anilines is 2. The van der Waals surface area contributed by atoms with Gasteiger partial charge in [0.15, 0.2) is 0 Å². The fourth-order valence-corrected chi connectivity index (χ4v) is 4.10. The SMILES string of the molecule is Nc1ncc(-c2cccc(S(=O)(=O)N3CCCC3)c2)c(N)n1. The van der Waals surface area contributed by atoms with Crippen LogP contribution in [0, 0.1) is 0 Å². The molecule has 0 radical (unpaired) electrons. The van der Waals surface area contributed by atoms with Crippen molar-refractivity contribution in [3.05, 3.63) is 30.5 Å². The van der Waals surface area contributed by atoms with Crippen molar-refractivity contribution in [1.29, 1.82) is 0 Å². The predicted molar refractivity (Wildman–Crippen MR) is 84.3 cm³/mol. The molecule has 0 aliphatic carbocycles. The molecule has 3 rings (SSSR count). The van der Waals surface area contributed by atoms with Crippen molar-refractivity contribution in [2.24, 2.45) is 0 Å². The molecule has 22 heavy (non-hydrogen) atoms. The Morgan fingerprint density at radius 1 is 1.14 bits per heavy atom. The first kappa shape index (κ1) is 14.7. The fraction of sp³-hybridized carbons (Fsp3) is 0.286. The molecule has 1 aliphatic rings. The lowest BCUT2D eigenvalue weighted by Crippen LogP contribution is -2.27. The van der Waals surface area contributed by atoms with Crippen LogP contribution < -0.4 is 11.5 Å². The van der Waals surface area contributed by atoms with E-state index in [0.29, 0.717) is 24.2 Å². The maximum atomic E-state index is 12.6. The van der Waals surface area contributed by atoms with Crippen LogP contribution in [0.4, 0.5) is 11.8 Å². The molecule has 2 aromatic rings. The molecule has 0 spiro atoms. The highest BCUT2D eigenvalue weighted by Gasteiger charge is 2.27. The number of nitrogens with two attached hydrogens (primary N) is 2. The van der Waals surface area contributed by atoms with E-state index in [1.165, 1.54) is 10.5 Å². The van der Waals surface area contributed by atoms with Crippen LogP contribution in [0.2, 0.25) is 0 Å². The first-order chi connectivity index (χ1) is 10.5. The Kier molecular flexibility index (Phi) is 3.71. The van der Waals surface area contributed by atoms with Gasteiger partial charge in [0.25, 0.3) is 0 Å². The van der Waals surface area contributed by atoms with E-state index in [1.807, 2.05) is 0 Å². The van der Waals surface area contributed by atoms with E-state index in [0.717, 1.165) is 12.8 Å². The summed E-state index contributed by atoms with van der Waals surface area (Å²) in [6, 6.07) is 6.65. The second-order valence-corrected chi connectivity index (χ2v) is 7.10. The Labute approximate surface area is 129 Å². The number of aromatic nitrogens is 2. The lowest BCUT2D eigenvalue weighted by molar-refractivity contribution is 0.477. The van der Waals surface area contributed by atoms with Gasteiger partial charge in [-0.1, -0.05) is 12.1 Å². The summed E-state index contributed by atoms with van der Waals surface area (Å²) in [6.45, 7) is 1.14. The van der Waals surface area contributed by atoms with Crippen molar-refractivity contribution in [1.82, 2.24) is 14.3 Å². The van der Waals surface area contributed by atoms with Crippen molar-refractivity contribution in [3.63, 3.8) is 0 Å². The third-order valence-corrected chi connectivity index (χ3v) is 5.58. The fourth-order valence-electron chi connectivity index (χ4n) is 2.53. The Balaban J connectivity index is 2.02. The lowest BCUT2D eigenvalue weighted by Gasteiger charge is -2.16. The normalized spacial score (nSPS) is 16.0. The van der Waals surface area contributed by atoms with Gasteiger partial charge in [-0.3, -0.25) is 0 Å². The van der Waals surface area contributed by atoms with Crippen LogP contribution in [0.5, 0.6) is 0 Å². The van der Waals surface area contributed by atoms with Crippen LogP contribution in [-0.2, 0) is 10.0 Å². The number of hydrogen-bond acceptors (Lipinski definition) is 6. The first-order valence-electron chi connectivity index (χ1n) is 6.97. The molecule has 4 N–H and O–H groups in total. The quantitative estimate of drug-likeness (QED) is 0.875. The largest absolute Gasteiger partial charge is 0.383 e. The molecule has 0 atom stereocenters. The van der Waals surface area contributed by atoms with E-state index >= 15 is 0 Å². The van der Waals surface area contributed by atoms with Crippen LogP contribution in [0.1, 0.15) is 12.8 Å². The van der Waals surface area contributed by atoms with E-state index in [2.05, 4.69) is 9.97 Å². The zero-order chi connectivity index (χ0) is 15.7. The van der Waals surface area contributed by atoms with E-state index in [4.69, 9.17) is 11.5 Å². The number of nitrogens with zero attached hydrogens (tertiary/aromatic N) is 3. The standard InChI is InChI=1S/C14H17N5O2S/c15-13-12(9-17-14(16)18-13)10-4-3-5-11(8-10)22(20,21)19-6-1-2-7-19/h3-5,8-9H,1-2,6-7H2,(H4,15,16,17,18). The molecule has 1 aromatic heterocycles. The number of sulfonamides is 1. The van der Waals surface area contributed by atoms with Gasteiger partial charge in [-0.25, -0.2) is 13.4 Å². The molecule has 0 amide bonds. The molecule has 1 fully saturated rings. The second-order valence-electron chi connectivity index (χ2n) is 5.17. The zero-order valence-electron chi connectivity index (χ0n) is 11.9. The molecule has 0 unspecified atom stereocenters. The minimum absolute atomic E-state index is 0.0853. The molecule has 1 aromatic carbocycles. The van der Waals surface area contributed by atoms with Crippen molar-refractivity contribution >= 4 is 21.8 Å². The number of nitrogen functional groups attached to an aromatic ring is 2. The molecular formula is C14H17N5O2S. The molecule has 1 aliphatic heterocycles. The summed E-state index contributed by atoms with van der Waals surface area (Å²) in [5.74, 6) is 0.310. The molecule has 0 bridgehead atoms. The molecule has 7 nitrogen and oxygen atoms in total. The van der Waals surface area contributed by atoms with E-state index in [9.17, 15) is 8.42 Å². The van der Waals surface area contributed by atoms with Gasteiger partial charge in [-0.15, -0.1) is 0 Å². The van der Waals surface area contributed by atoms with Gasteiger partial charge in [0.05, 0.1) is 4.90 Å². The Morgan fingerprint density at radius 3 is 2.55 bits per heavy atom. The molecule has 1 saturated heterocycles. The van der Waals surface area contributed by atoms with Gasteiger partial charge < -0.3 is 11.5 Å². The highest BCUT2D eigenvalue weighted by molar-refractivity contribution is 7.89. The topological polar surface area (TPSA) is 115 Å². The highest BCUT2D eigenvalue weighted by atomic mass is 32.2.